The van der Waals surface area contributed by atoms with Gasteiger partial charge in [-0.2, -0.15) is 26.3 Å². The van der Waals surface area contributed by atoms with Crippen LogP contribution in [0.1, 0.15) is 23.5 Å². The highest BCUT2D eigenvalue weighted by Crippen LogP contribution is 2.46. The molecule has 2 unspecified atom stereocenters. The molecule has 7 heteroatoms. The molecule has 0 saturated carbocycles. The Morgan fingerprint density at radius 2 is 1.60 bits per heavy atom. The summed E-state index contributed by atoms with van der Waals surface area (Å²) in [6.07, 6.45) is -13.6. The molecule has 20 heavy (non-hydrogen) atoms. The minimum absolute atomic E-state index is 0.398. The lowest BCUT2D eigenvalue weighted by Gasteiger charge is -2.34. The zero-order valence-corrected chi connectivity index (χ0v) is 10.2. The van der Waals surface area contributed by atoms with E-state index in [-0.39, 0.29) is 0 Å². The molecule has 1 N–H and O–H groups in total. The lowest BCUT2D eigenvalue weighted by molar-refractivity contribution is -0.307. The normalized spacial score (nSPS) is 20.5. The first-order valence-corrected chi connectivity index (χ1v) is 6.00. The smallest absolute Gasteiger partial charge is 0.392 e. The maximum absolute atomic E-state index is 12.5. The Kier molecular flexibility index (Phi) is 3.75. The van der Waals surface area contributed by atoms with E-state index in [9.17, 15) is 31.4 Å². The molecule has 0 spiro atoms. The first-order chi connectivity index (χ1) is 9.10. The summed E-state index contributed by atoms with van der Waals surface area (Å²) < 4.78 is 74.7. The van der Waals surface area contributed by atoms with Crippen molar-refractivity contribution in [1.82, 2.24) is 0 Å². The Balaban J connectivity index is 2.10. The van der Waals surface area contributed by atoms with Crippen LogP contribution in [0, 0.1) is 5.92 Å². The third-order valence-corrected chi connectivity index (χ3v) is 3.58. The minimum atomic E-state index is -5.50. The molecule has 1 nitrogen and oxygen atoms in total. The summed E-state index contributed by atoms with van der Waals surface area (Å²) in [5.41, 5.74) is 1.62. The third kappa shape index (κ3) is 2.92. The Bertz CT molecular complexity index is 464. The highest BCUT2D eigenvalue weighted by Gasteiger charge is 2.60. The maximum Gasteiger partial charge on any atom is 0.403 e. The molecule has 0 saturated heterocycles. The zero-order chi connectivity index (χ0) is 15.1. The Hall–Kier alpha value is -1.24. The molecular formula is C13H12F6O. The van der Waals surface area contributed by atoms with Crippen molar-refractivity contribution in [2.45, 2.75) is 37.2 Å². The van der Waals surface area contributed by atoms with Gasteiger partial charge in [-0.25, -0.2) is 0 Å². The Labute approximate surface area is 111 Å². The molecule has 0 amide bonds. The average Bonchev–Trinajstić information content (AvgIpc) is 2.21. The molecule has 0 aromatic heterocycles. The van der Waals surface area contributed by atoms with Crippen molar-refractivity contribution in [3.8, 4) is 0 Å². The highest BCUT2D eigenvalue weighted by molar-refractivity contribution is 5.39. The first-order valence-electron chi connectivity index (χ1n) is 6.00. The summed E-state index contributed by atoms with van der Waals surface area (Å²) in [6.45, 7) is 0. The van der Waals surface area contributed by atoms with Gasteiger partial charge in [0, 0.05) is 0 Å². The molecule has 1 aliphatic carbocycles. The summed E-state index contributed by atoms with van der Waals surface area (Å²) in [5, 5.41) is 9.40. The number of aliphatic hydroxyl groups excluding tert-OH is 1. The molecule has 2 rings (SSSR count). The number of alkyl halides is 6. The predicted molar refractivity (Wildman–Crippen MR) is 59.1 cm³/mol. The molecule has 1 aromatic carbocycles. The van der Waals surface area contributed by atoms with E-state index >= 15 is 0 Å². The summed E-state index contributed by atoms with van der Waals surface area (Å²) >= 11 is 0. The van der Waals surface area contributed by atoms with E-state index in [0.29, 0.717) is 6.42 Å². The molecule has 0 bridgehead atoms. The van der Waals surface area contributed by atoms with E-state index in [1.165, 1.54) is 0 Å². The van der Waals surface area contributed by atoms with Gasteiger partial charge in [-0.05, 0) is 29.9 Å². The number of hydrogen-bond donors (Lipinski definition) is 1. The van der Waals surface area contributed by atoms with Gasteiger partial charge in [0.15, 0.2) is 5.92 Å². The number of rotatable bonds is 3. The molecule has 1 aromatic rings. The van der Waals surface area contributed by atoms with Crippen LogP contribution in [0.2, 0.25) is 0 Å². The van der Waals surface area contributed by atoms with Gasteiger partial charge in [-0.15, -0.1) is 0 Å². The van der Waals surface area contributed by atoms with Gasteiger partial charge in [0.05, 0.1) is 6.10 Å². The molecule has 0 radical (unpaired) electrons. The van der Waals surface area contributed by atoms with Crippen LogP contribution in [0.5, 0.6) is 0 Å². The van der Waals surface area contributed by atoms with E-state index in [4.69, 9.17) is 0 Å². The number of benzene rings is 1. The SMILES string of the molecule is OC(CC1Cc2ccccc21)C(C(F)(F)F)C(F)(F)F. The molecule has 0 aliphatic heterocycles. The van der Waals surface area contributed by atoms with E-state index in [1.807, 2.05) is 0 Å². The molecule has 112 valence electrons. The molecule has 0 heterocycles. The highest BCUT2D eigenvalue weighted by atomic mass is 19.4. The number of aliphatic hydroxyl groups is 1. The van der Waals surface area contributed by atoms with Gasteiger partial charge in [0.25, 0.3) is 0 Å². The third-order valence-electron chi connectivity index (χ3n) is 3.58. The number of hydrogen-bond acceptors (Lipinski definition) is 1. The van der Waals surface area contributed by atoms with E-state index in [1.54, 1.807) is 24.3 Å². The van der Waals surface area contributed by atoms with Gasteiger partial charge in [0.2, 0.25) is 0 Å². The monoisotopic (exact) mass is 298 g/mol. The second kappa shape index (κ2) is 4.95. The second-order valence-electron chi connectivity index (χ2n) is 4.96. The van der Waals surface area contributed by atoms with Crippen molar-refractivity contribution in [3.63, 3.8) is 0 Å². The fourth-order valence-electron chi connectivity index (χ4n) is 2.62. The van der Waals surface area contributed by atoms with Gasteiger partial charge >= 0.3 is 12.4 Å². The molecule has 0 fully saturated rings. The minimum Gasteiger partial charge on any atom is -0.392 e. The van der Waals surface area contributed by atoms with E-state index in [2.05, 4.69) is 0 Å². The van der Waals surface area contributed by atoms with Gasteiger partial charge in [-0.1, -0.05) is 24.3 Å². The summed E-state index contributed by atoms with van der Waals surface area (Å²) in [7, 11) is 0. The Morgan fingerprint density at radius 1 is 1.05 bits per heavy atom. The van der Waals surface area contributed by atoms with Crippen LogP contribution >= 0.6 is 0 Å². The van der Waals surface area contributed by atoms with Crippen molar-refractivity contribution in [3.05, 3.63) is 35.4 Å². The topological polar surface area (TPSA) is 20.2 Å². The fraction of sp³-hybridized carbons (Fsp3) is 0.538. The van der Waals surface area contributed by atoms with Crippen LogP contribution < -0.4 is 0 Å². The summed E-state index contributed by atoms with van der Waals surface area (Å²) in [6, 6.07) is 6.84. The van der Waals surface area contributed by atoms with Crippen LogP contribution in [0.15, 0.2) is 24.3 Å². The molecule has 1 aliphatic rings. The van der Waals surface area contributed by atoms with Crippen molar-refractivity contribution >= 4 is 0 Å². The number of halogens is 6. The maximum atomic E-state index is 12.5. The first kappa shape index (κ1) is 15.2. The van der Waals surface area contributed by atoms with Crippen LogP contribution in [-0.4, -0.2) is 23.6 Å². The summed E-state index contributed by atoms with van der Waals surface area (Å²) in [4.78, 5) is 0. The van der Waals surface area contributed by atoms with E-state index < -0.39 is 36.7 Å². The largest absolute Gasteiger partial charge is 0.403 e. The van der Waals surface area contributed by atoms with Crippen molar-refractivity contribution < 1.29 is 31.4 Å². The summed E-state index contributed by atoms with van der Waals surface area (Å²) in [5.74, 6) is -4.14. The van der Waals surface area contributed by atoms with E-state index in [0.717, 1.165) is 11.1 Å². The van der Waals surface area contributed by atoms with Crippen LogP contribution in [0.25, 0.3) is 0 Å². The predicted octanol–water partition coefficient (Wildman–Crippen LogP) is 3.82. The van der Waals surface area contributed by atoms with Crippen LogP contribution in [-0.2, 0) is 6.42 Å². The molecule has 2 atom stereocenters. The lowest BCUT2D eigenvalue weighted by atomic mass is 9.73. The van der Waals surface area contributed by atoms with Crippen LogP contribution in [0.3, 0.4) is 0 Å². The number of fused-ring (bicyclic) bond motifs is 1. The quantitative estimate of drug-likeness (QED) is 0.841. The van der Waals surface area contributed by atoms with Gasteiger partial charge in [0.1, 0.15) is 0 Å². The van der Waals surface area contributed by atoms with Gasteiger partial charge < -0.3 is 5.11 Å². The van der Waals surface area contributed by atoms with Crippen LogP contribution in [0.4, 0.5) is 26.3 Å². The zero-order valence-electron chi connectivity index (χ0n) is 10.2. The fourth-order valence-corrected chi connectivity index (χ4v) is 2.62. The molecular weight excluding hydrogens is 286 g/mol. The van der Waals surface area contributed by atoms with Gasteiger partial charge in [-0.3, -0.25) is 0 Å². The lowest BCUT2D eigenvalue weighted by Crippen LogP contribution is -2.45. The second-order valence-corrected chi connectivity index (χ2v) is 4.96. The Morgan fingerprint density at radius 3 is 2.10 bits per heavy atom. The van der Waals surface area contributed by atoms with Crippen molar-refractivity contribution in [1.29, 1.82) is 0 Å². The standard InChI is InChI=1S/C13H12F6O/c14-12(15,16)11(13(17,18)19)10(20)6-8-5-7-3-1-2-4-9(7)8/h1-4,8,10-11,20H,5-6H2. The average molecular weight is 298 g/mol. The van der Waals surface area contributed by atoms with Crippen molar-refractivity contribution in [2.24, 2.45) is 5.92 Å². The van der Waals surface area contributed by atoms with Crippen molar-refractivity contribution in [2.75, 3.05) is 0 Å².